The second-order valence-electron chi connectivity index (χ2n) is 11.7. The van der Waals surface area contributed by atoms with Crippen LogP contribution in [0.4, 0.5) is 5.69 Å². The predicted molar refractivity (Wildman–Crippen MR) is 168 cm³/mol. The van der Waals surface area contributed by atoms with Crippen molar-refractivity contribution in [2.45, 2.75) is 58.1 Å². The molecule has 12 heteroatoms. The molecule has 1 aliphatic heterocycles. The predicted octanol–water partition coefficient (Wildman–Crippen LogP) is 3.76. The molecule has 1 atom stereocenters. The fraction of sp³-hybridized carbons (Fsp3) is 0.324. The number of carboxylic acid groups (broad SMARTS) is 1. The largest absolute Gasteiger partial charge is 0.489 e. The van der Waals surface area contributed by atoms with Gasteiger partial charge >= 0.3 is 17.9 Å². The first kappa shape index (κ1) is 33.5. The van der Waals surface area contributed by atoms with E-state index in [1.165, 1.54) is 18.2 Å². The van der Waals surface area contributed by atoms with Gasteiger partial charge in [0.2, 0.25) is 5.91 Å². The standard InChI is InChI=1S/C34H37N3O9/c1-34(2,3)46-28(40)19-37-31(41)25-14-13-24(26(17-27(38)39)32(42)36-18-20-8-5-4-6-9-20)30-29(25)44-15-7-10-21-16-22(35)11-12-23(21)33(43)45-30/h4-6,8-9,11-14,16,26H,7,10,15,17-19,35H2,1-3H3,(H,36,42)(H,37,41)(H,38,39). The van der Waals surface area contributed by atoms with Crippen LogP contribution in [-0.4, -0.2) is 53.6 Å². The molecule has 3 aromatic rings. The molecule has 0 aromatic heterocycles. The lowest BCUT2D eigenvalue weighted by Crippen LogP contribution is -2.35. The molecule has 1 aliphatic rings. The lowest BCUT2D eigenvalue weighted by atomic mass is 9.91. The summed E-state index contributed by atoms with van der Waals surface area (Å²) in [4.78, 5) is 64.8. The highest BCUT2D eigenvalue weighted by Gasteiger charge is 2.33. The maximum Gasteiger partial charge on any atom is 0.343 e. The Bertz CT molecular complexity index is 1630. The molecule has 46 heavy (non-hydrogen) atoms. The van der Waals surface area contributed by atoms with Crippen LogP contribution in [0.2, 0.25) is 0 Å². The molecule has 0 radical (unpaired) electrons. The number of ether oxygens (including phenoxy) is 3. The topological polar surface area (TPSA) is 183 Å². The molecule has 0 spiro atoms. The first-order valence-electron chi connectivity index (χ1n) is 14.8. The van der Waals surface area contributed by atoms with Gasteiger partial charge in [-0.25, -0.2) is 4.79 Å². The van der Waals surface area contributed by atoms with Crippen LogP contribution < -0.4 is 25.8 Å². The van der Waals surface area contributed by atoms with Crippen molar-refractivity contribution >= 4 is 35.4 Å². The van der Waals surface area contributed by atoms with Crippen LogP contribution in [0.25, 0.3) is 0 Å². The van der Waals surface area contributed by atoms with Crippen molar-refractivity contribution in [1.29, 1.82) is 0 Å². The molecule has 242 valence electrons. The SMILES string of the molecule is CC(C)(C)OC(=O)CNC(=O)c1ccc(C(CC(=O)O)C(=O)NCc2ccccc2)c2c1OCCCc1cc(N)ccc1C(=O)O2. The van der Waals surface area contributed by atoms with Gasteiger partial charge in [0.05, 0.1) is 30.1 Å². The van der Waals surface area contributed by atoms with E-state index in [1.807, 2.05) is 6.07 Å². The number of carbonyl (C=O) groups excluding carboxylic acids is 4. The fourth-order valence-corrected chi connectivity index (χ4v) is 4.94. The zero-order valence-electron chi connectivity index (χ0n) is 25.9. The van der Waals surface area contributed by atoms with Gasteiger partial charge in [-0.05, 0) is 69.0 Å². The Balaban J connectivity index is 1.77. The van der Waals surface area contributed by atoms with Crippen molar-refractivity contribution in [1.82, 2.24) is 10.6 Å². The van der Waals surface area contributed by atoms with Crippen molar-refractivity contribution in [3.63, 3.8) is 0 Å². The number of benzene rings is 3. The zero-order chi connectivity index (χ0) is 33.4. The Kier molecular flexibility index (Phi) is 10.6. The smallest absolute Gasteiger partial charge is 0.343 e. The van der Waals surface area contributed by atoms with Gasteiger partial charge in [0.25, 0.3) is 5.91 Å². The maximum atomic E-state index is 13.6. The van der Waals surface area contributed by atoms with Crippen LogP contribution in [0.5, 0.6) is 11.5 Å². The van der Waals surface area contributed by atoms with E-state index < -0.39 is 54.2 Å². The first-order valence-corrected chi connectivity index (χ1v) is 14.8. The number of rotatable bonds is 9. The van der Waals surface area contributed by atoms with E-state index in [2.05, 4.69) is 10.6 Å². The summed E-state index contributed by atoms with van der Waals surface area (Å²) >= 11 is 0. The molecule has 4 rings (SSSR count). The van der Waals surface area contributed by atoms with Crippen LogP contribution in [-0.2, 0) is 32.1 Å². The van der Waals surface area contributed by atoms with Gasteiger partial charge in [-0.3, -0.25) is 19.2 Å². The van der Waals surface area contributed by atoms with E-state index in [0.717, 1.165) is 5.56 Å². The molecule has 0 fully saturated rings. The summed E-state index contributed by atoms with van der Waals surface area (Å²) in [5.41, 5.74) is 7.19. The number of amides is 2. The number of nitrogens with one attached hydrogen (secondary N) is 2. The van der Waals surface area contributed by atoms with Gasteiger partial charge in [-0.1, -0.05) is 36.4 Å². The van der Waals surface area contributed by atoms with E-state index in [0.29, 0.717) is 24.1 Å². The van der Waals surface area contributed by atoms with E-state index in [4.69, 9.17) is 19.9 Å². The van der Waals surface area contributed by atoms with Crippen molar-refractivity contribution in [2.75, 3.05) is 18.9 Å². The van der Waals surface area contributed by atoms with Crippen LogP contribution in [0.1, 0.15) is 76.9 Å². The molecule has 0 bridgehead atoms. The number of anilines is 1. The van der Waals surface area contributed by atoms with E-state index >= 15 is 0 Å². The summed E-state index contributed by atoms with van der Waals surface area (Å²) in [6.07, 6.45) is 0.179. The van der Waals surface area contributed by atoms with Gasteiger partial charge in [0.15, 0.2) is 11.5 Å². The normalized spacial score (nSPS) is 13.5. The molecule has 12 nitrogen and oxygen atoms in total. The average molecular weight is 632 g/mol. The fourth-order valence-electron chi connectivity index (χ4n) is 4.94. The minimum absolute atomic E-state index is 0.0255. The number of carbonyl (C=O) groups is 5. The monoisotopic (exact) mass is 631 g/mol. The molecule has 1 heterocycles. The molecule has 0 saturated carbocycles. The third-order valence-corrected chi connectivity index (χ3v) is 6.96. The number of nitrogens with two attached hydrogens (primary N) is 1. The molecule has 3 aromatic carbocycles. The van der Waals surface area contributed by atoms with E-state index in [-0.39, 0.29) is 41.3 Å². The van der Waals surface area contributed by atoms with Gasteiger partial charge in [0, 0.05) is 17.8 Å². The number of esters is 2. The van der Waals surface area contributed by atoms with Crippen LogP contribution >= 0.6 is 0 Å². The summed E-state index contributed by atoms with van der Waals surface area (Å²) in [6.45, 7) is 4.81. The van der Waals surface area contributed by atoms with Crippen molar-refractivity contribution in [3.8, 4) is 11.5 Å². The Morgan fingerprint density at radius 3 is 2.43 bits per heavy atom. The number of aliphatic carboxylic acids is 1. The molecule has 0 aliphatic carbocycles. The molecule has 5 N–H and O–H groups in total. The summed E-state index contributed by atoms with van der Waals surface area (Å²) in [7, 11) is 0. The maximum absolute atomic E-state index is 13.6. The first-order chi connectivity index (χ1) is 21.8. The molecule has 0 saturated heterocycles. The minimum atomic E-state index is -1.33. The molecular weight excluding hydrogens is 594 g/mol. The Hall–Kier alpha value is -5.39. The Labute approximate surface area is 266 Å². The summed E-state index contributed by atoms with van der Waals surface area (Å²) in [6, 6.07) is 16.5. The number of fused-ring (bicyclic) bond motifs is 2. The molecule has 2 amide bonds. The zero-order valence-corrected chi connectivity index (χ0v) is 25.9. The Morgan fingerprint density at radius 2 is 1.74 bits per heavy atom. The lowest BCUT2D eigenvalue weighted by molar-refractivity contribution is -0.153. The number of nitrogen functional groups attached to an aromatic ring is 1. The van der Waals surface area contributed by atoms with Gasteiger partial charge in [0.1, 0.15) is 12.1 Å². The minimum Gasteiger partial charge on any atom is -0.489 e. The van der Waals surface area contributed by atoms with E-state index in [1.54, 1.807) is 57.2 Å². The highest BCUT2D eigenvalue weighted by atomic mass is 16.6. The van der Waals surface area contributed by atoms with E-state index in [9.17, 15) is 29.1 Å². The number of carboxylic acids is 1. The third-order valence-electron chi connectivity index (χ3n) is 6.96. The second-order valence-corrected chi connectivity index (χ2v) is 11.7. The van der Waals surface area contributed by atoms with Crippen LogP contribution in [0.15, 0.2) is 60.7 Å². The Morgan fingerprint density at radius 1 is 1.00 bits per heavy atom. The van der Waals surface area contributed by atoms with Crippen molar-refractivity contribution < 1.29 is 43.3 Å². The van der Waals surface area contributed by atoms with Crippen LogP contribution in [0.3, 0.4) is 0 Å². The quantitative estimate of drug-likeness (QED) is 0.154. The lowest BCUT2D eigenvalue weighted by Gasteiger charge is -2.24. The molecular formula is C34H37N3O9. The van der Waals surface area contributed by atoms with Gasteiger partial charge in [-0.15, -0.1) is 0 Å². The summed E-state index contributed by atoms with van der Waals surface area (Å²) in [5, 5.41) is 15.0. The number of hydrogen-bond acceptors (Lipinski definition) is 9. The van der Waals surface area contributed by atoms with Crippen LogP contribution in [0, 0.1) is 0 Å². The summed E-state index contributed by atoms with van der Waals surface area (Å²) in [5.74, 6) is -5.92. The van der Waals surface area contributed by atoms with Crippen molar-refractivity contribution in [3.05, 3.63) is 88.5 Å². The average Bonchev–Trinajstić information content (AvgIpc) is 2.99. The molecule has 1 unspecified atom stereocenters. The van der Waals surface area contributed by atoms with Gasteiger partial charge < -0.3 is 35.7 Å². The second kappa shape index (κ2) is 14.6. The van der Waals surface area contributed by atoms with Gasteiger partial charge in [-0.2, -0.15) is 0 Å². The number of aryl methyl sites for hydroxylation is 1. The van der Waals surface area contributed by atoms with Crippen molar-refractivity contribution in [2.24, 2.45) is 0 Å². The number of hydrogen-bond donors (Lipinski definition) is 4. The summed E-state index contributed by atoms with van der Waals surface area (Å²) < 4.78 is 17.2. The highest BCUT2D eigenvalue weighted by Crippen LogP contribution is 2.41. The third kappa shape index (κ3) is 8.84. The highest BCUT2D eigenvalue weighted by molar-refractivity contribution is 6.01.